The van der Waals surface area contributed by atoms with Gasteiger partial charge in [-0.25, -0.2) is 0 Å². The summed E-state index contributed by atoms with van der Waals surface area (Å²) in [5, 5.41) is 2.84. The van der Waals surface area contributed by atoms with Crippen LogP contribution in [0.2, 0.25) is 0 Å². The third-order valence-corrected chi connectivity index (χ3v) is 7.17. The zero-order chi connectivity index (χ0) is 20.7. The van der Waals surface area contributed by atoms with Crippen molar-refractivity contribution in [3.05, 3.63) is 29.8 Å². The van der Waals surface area contributed by atoms with Crippen LogP contribution in [0.3, 0.4) is 0 Å². The molecule has 1 N–H and O–H groups in total. The monoisotopic (exact) mass is 420 g/mol. The summed E-state index contributed by atoms with van der Waals surface area (Å²) in [6.07, 6.45) is 5.91. The first-order chi connectivity index (χ1) is 14.1. The van der Waals surface area contributed by atoms with Gasteiger partial charge in [-0.05, 0) is 31.9 Å². The van der Waals surface area contributed by atoms with Gasteiger partial charge in [0.15, 0.2) is 0 Å². The van der Waals surface area contributed by atoms with Gasteiger partial charge in [0, 0.05) is 30.1 Å². The van der Waals surface area contributed by atoms with Crippen molar-refractivity contribution in [3.8, 4) is 0 Å². The molecule has 0 radical (unpaired) electrons. The first-order valence-electron chi connectivity index (χ1n) is 10.5. The van der Waals surface area contributed by atoms with Crippen LogP contribution in [0.1, 0.15) is 49.4 Å². The number of methoxy groups -OCH3 is 1. The van der Waals surface area contributed by atoms with Gasteiger partial charge in [0.2, 0.25) is 0 Å². The van der Waals surface area contributed by atoms with E-state index in [0.717, 1.165) is 44.0 Å². The van der Waals surface area contributed by atoms with Gasteiger partial charge in [0.05, 0.1) is 25.9 Å². The molecule has 7 heteroatoms. The molecule has 1 aromatic carbocycles. The second-order valence-electron chi connectivity index (χ2n) is 7.85. The average molecular weight is 421 g/mol. The summed E-state index contributed by atoms with van der Waals surface area (Å²) in [4.78, 5) is 28.2. The molecule has 1 atom stereocenters. The van der Waals surface area contributed by atoms with Crippen molar-refractivity contribution in [2.75, 3.05) is 40.0 Å². The van der Waals surface area contributed by atoms with E-state index in [4.69, 9.17) is 9.47 Å². The van der Waals surface area contributed by atoms with E-state index in [-0.39, 0.29) is 22.7 Å². The molecule has 2 fully saturated rings. The second kappa shape index (κ2) is 10.5. The van der Waals surface area contributed by atoms with E-state index in [1.165, 1.54) is 38.1 Å². The summed E-state index contributed by atoms with van der Waals surface area (Å²) in [5.41, 5.74) is 0.639. The van der Waals surface area contributed by atoms with Crippen LogP contribution in [-0.4, -0.2) is 67.5 Å². The van der Waals surface area contributed by atoms with Crippen molar-refractivity contribution in [1.29, 1.82) is 0 Å². The van der Waals surface area contributed by atoms with Crippen LogP contribution in [-0.2, 0) is 14.3 Å². The van der Waals surface area contributed by atoms with Crippen LogP contribution in [0.4, 0.5) is 0 Å². The molecule has 6 nitrogen and oxygen atoms in total. The Balaban J connectivity index is 1.69. The summed E-state index contributed by atoms with van der Waals surface area (Å²) in [7, 11) is 1.38. The van der Waals surface area contributed by atoms with E-state index in [0.29, 0.717) is 12.1 Å². The van der Waals surface area contributed by atoms with Gasteiger partial charge in [0.1, 0.15) is 5.25 Å². The number of hydrogen-bond donors (Lipinski definition) is 1. The third-order valence-electron chi connectivity index (χ3n) is 6.01. The molecule has 0 spiro atoms. The molecule has 160 valence electrons. The molecule has 0 bridgehead atoms. The minimum Gasteiger partial charge on any atom is -0.468 e. The van der Waals surface area contributed by atoms with E-state index >= 15 is 0 Å². The van der Waals surface area contributed by atoms with Crippen molar-refractivity contribution < 1.29 is 19.1 Å². The van der Waals surface area contributed by atoms with E-state index in [1.807, 2.05) is 24.3 Å². The molecule has 1 aliphatic heterocycles. The molecular weight excluding hydrogens is 388 g/mol. The smallest absolute Gasteiger partial charge is 0.318 e. The Hall–Kier alpha value is -1.57. The third kappa shape index (κ3) is 5.53. The predicted molar refractivity (Wildman–Crippen MR) is 114 cm³/mol. The molecule has 1 amide bonds. The zero-order valence-corrected chi connectivity index (χ0v) is 18.3. The molecular formula is C22H32N2O4S. The molecule has 1 heterocycles. The quantitative estimate of drug-likeness (QED) is 0.540. The molecule has 29 heavy (non-hydrogen) atoms. The number of esters is 1. The molecule has 1 unspecified atom stereocenters. The van der Waals surface area contributed by atoms with Crippen molar-refractivity contribution in [2.24, 2.45) is 0 Å². The molecule has 1 saturated heterocycles. The number of thioether (sulfide) groups is 1. The average Bonchev–Trinajstić information content (AvgIpc) is 2.78. The van der Waals surface area contributed by atoms with E-state index in [9.17, 15) is 9.59 Å². The normalized spacial score (nSPS) is 20.6. The lowest BCUT2D eigenvalue weighted by atomic mass is 9.79. The van der Waals surface area contributed by atoms with Crippen molar-refractivity contribution >= 4 is 23.6 Å². The van der Waals surface area contributed by atoms with Crippen LogP contribution in [0.15, 0.2) is 29.2 Å². The minimum atomic E-state index is -0.369. The van der Waals surface area contributed by atoms with Gasteiger partial charge in [-0.3, -0.25) is 14.5 Å². The summed E-state index contributed by atoms with van der Waals surface area (Å²) in [6.45, 7) is 5.83. The lowest BCUT2D eigenvalue weighted by molar-refractivity contribution is -0.139. The number of carbonyl (C=O) groups excluding carboxylic acids is 2. The number of benzene rings is 1. The Kier molecular flexibility index (Phi) is 7.98. The number of nitrogens with one attached hydrogen (secondary N) is 1. The highest BCUT2D eigenvalue weighted by Crippen LogP contribution is 2.34. The molecule has 0 aromatic heterocycles. The highest BCUT2D eigenvalue weighted by Gasteiger charge is 2.39. The van der Waals surface area contributed by atoms with Gasteiger partial charge in [-0.15, -0.1) is 11.8 Å². The van der Waals surface area contributed by atoms with Gasteiger partial charge in [0.25, 0.3) is 5.91 Å². The standard InChI is InChI=1S/C22H32N2O4S/c1-17(21(26)27-2)29-19-9-5-4-8-18(19)20(25)23-16-22(10-6-3-7-11-22)24-12-14-28-15-13-24/h4-5,8-9,17H,3,6-7,10-16H2,1-2H3,(H,23,25). The summed E-state index contributed by atoms with van der Waals surface area (Å²) in [5.74, 6) is -0.373. The van der Waals surface area contributed by atoms with Crippen LogP contribution >= 0.6 is 11.8 Å². The summed E-state index contributed by atoms with van der Waals surface area (Å²) < 4.78 is 10.4. The summed E-state index contributed by atoms with van der Waals surface area (Å²) in [6, 6.07) is 7.46. The molecule has 2 aliphatic rings. The fourth-order valence-corrected chi connectivity index (χ4v) is 5.37. The van der Waals surface area contributed by atoms with E-state index in [1.54, 1.807) is 6.92 Å². The van der Waals surface area contributed by atoms with Gasteiger partial charge < -0.3 is 14.8 Å². The number of hydrogen-bond acceptors (Lipinski definition) is 6. The fourth-order valence-electron chi connectivity index (χ4n) is 4.35. The zero-order valence-electron chi connectivity index (χ0n) is 17.4. The molecule has 3 rings (SSSR count). The van der Waals surface area contributed by atoms with Gasteiger partial charge in [-0.1, -0.05) is 31.4 Å². The number of carbonyl (C=O) groups is 2. The number of rotatable bonds is 7. The lowest BCUT2D eigenvalue weighted by Gasteiger charge is -2.48. The minimum absolute atomic E-state index is 0.0269. The van der Waals surface area contributed by atoms with E-state index in [2.05, 4.69) is 10.2 Å². The van der Waals surface area contributed by atoms with Crippen LogP contribution in [0, 0.1) is 0 Å². The van der Waals surface area contributed by atoms with Crippen LogP contribution in [0.25, 0.3) is 0 Å². The number of morpholine rings is 1. The Labute approximate surface area is 177 Å². The highest BCUT2D eigenvalue weighted by molar-refractivity contribution is 8.00. The number of ether oxygens (including phenoxy) is 2. The Bertz CT molecular complexity index is 700. The predicted octanol–water partition coefficient (Wildman–Crippen LogP) is 3.11. The number of nitrogens with zero attached hydrogens (tertiary/aromatic N) is 1. The maximum absolute atomic E-state index is 13.1. The van der Waals surface area contributed by atoms with Crippen molar-refractivity contribution in [1.82, 2.24) is 10.2 Å². The van der Waals surface area contributed by atoms with Crippen molar-refractivity contribution in [3.63, 3.8) is 0 Å². The highest BCUT2D eigenvalue weighted by atomic mass is 32.2. The largest absolute Gasteiger partial charge is 0.468 e. The Morgan fingerprint density at radius 1 is 1.21 bits per heavy atom. The summed E-state index contributed by atoms with van der Waals surface area (Å²) >= 11 is 1.36. The van der Waals surface area contributed by atoms with Gasteiger partial charge in [-0.2, -0.15) is 0 Å². The van der Waals surface area contributed by atoms with Crippen LogP contribution < -0.4 is 5.32 Å². The lowest BCUT2D eigenvalue weighted by Crippen LogP contribution is -2.59. The molecule has 1 saturated carbocycles. The fraction of sp³-hybridized carbons (Fsp3) is 0.636. The Morgan fingerprint density at radius 2 is 1.90 bits per heavy atom. The number of amides is 1. The topological polar surface area (TPSA) is 67.9 Å². The maximum atomic E-state index is 13.1. The SMILES string of the molecule is COC(=O)C(C)Sc1ccccc1C(=O)NCC1(N2CCOCC2)CCCCC1. The Morgan fingerprint density at radius 3 is 2.59 bits per heavy atom. The molecule has 1 aromatic rings. The molecule has 1 aliphatic carbocycles. The second-order valence-corrected chi connectivity index (χ2v) is 9.23. The van der Waals surface area contributed by atoms with Gasteiger partial charge >= 0.3 is 5.97 Å². The first-order valence-corrected chi connectivity index (χ1v) is 11.4. The van der Waals surface area contributed by atoms with Crippen molar-refractivity contribution in [2.45, 2.75) is 54.7 Å². The van der Waals surface area contributed by atoms with E-state index < -0.39 is 0 Å². The maximum Gasteiger partial charge on any atom is 0.318 e. The van der Waals surface area contributed by atoms with Crippen LogP contribution in [0.5, 0.6) is 0 Å². The first kappa shape index (κ1) is 22.1.